The molecule has 0 atom stereocenters. The summed E-state index contributed by atoms with van der Waals surface area (Å²) in [5, 5.41) is 22.4. The van der Waals surface area contributed by atoms with Gasteiger partial charge in [-0.05, 0) is 25.5 Å². The van der Waals surface area contributed by atoms with Crippen LogP contribution in [0.1, 0.15) is 22.8 Å². The molecule has 0 bridgehead atoms. The van der Waals surface area contributed by atoms with Gasteiger partial charge in [0.05, 0.1) is 5.56 Å². The van der Waals surface area contributed by atoms with Crippen LogP contribution >= 0.6 is 0 Å². The SMILES string of the molecule is CCNC(=O)N1CCN(C(=O)c2ccc(C)c(O)c2O)CC1. The zero-order valence-corrected chi connectivity index (χ0v) is 12.8. The van der Waals surface area contributed by atoms with Crippen LogP contribution in [0.2, 0.25) is 0 Å². The van der Waals surface area contributed by atoms with Crippen molar-refractivity contribution in [2.75, 3.05) is 32.7 Å². The third-order valence-electron chi connectivity index (χ3n) is 3.77. The van der Waals surface area contributed by atoms with Crippen molar-refractivity contribution in [2.45, 2.75) is 13.8 Å². The van der Waals surface area contributed by atoms with Crippen LogP contribution in [0, 0.1) is 6.92 Å². The number of phenols is 2. The molecule has 3 amide bonds. The summed E-state index contributed by atoms with van der Waals surface area (Å²) in [6, 6.07) is 2.96. The largest absolute Gasteiger partial charge is 0.504 e. The Morgan fingerprint density at radius 1 is 1.09 bits per heavy atom. The molecule has 0 aromatic heterocycles. The van der Waals surface area contributed by atoms with Crippen molar-refractivity contribution >= 4 is 11.9 Å². The van der Waals surface area contributed by atoms with Gasteiger partial charge in [0.25, 0.3) is 5.91 Å². The number of hydrogen-bond acceptors (Lipinski definition) is 4. The third-order valence-corrected chi connectivity index (χ3v) is 3.77. The minimum Gasteiger partial charge on any atom is -0.504 e. The van der Waals surface area contributed by atoms with Gasteiger partial charge in [0.15, 0.2) is 11.5 Å². The number of urea groups is 1. The molecule has 1 aliphatic heterocycles. The summed E-state index contributed by atoms with van der Waals surface area (Å²) in [7, 11) is 0. The number of aromatic hydroxyl groups is 2. The van der Waals surface area contributed by atoms with E-state index in [0.717, 1.165) is 0 Å². The average molecular weight is 307 g/mol. The fourth-order valence-corrected chi connectivity index (χ4v) is 2.40. The van der Waals surface area contributed by atoms with E-state index in [1.807, 2.05) is 6.92 Å². The second-order valence-electron chi connectivity index (χ2n) is 5.24. The molecule has 0 aliphatic carbocycles. The summed E-state index contributed by atoms with van der Waals surface area (Å²) < 4.78 is 0. The second-order valence-corrected chi connectivity index (χ2v) is 5.24. The number of nitrogens with one attached hydrogen (secondary N) is 1. The average Bonchev–Trinajstić information content (AvgIpc) is 2.52. The number of piperazine rings is 1. The van der Waals surface area contributed by atoms with Crippen molar-refractivity contribution in [1.82, 2.24) is 15.1 Å². The van der Waals surface area contributed by atoms with Crippen LogP contribution in [0.15, 0.2) is 12.1 Å². The lowest BCUT2D eigenvalue weighted by Crippen LogP contribution is -2.53. The molecule has 2 rings (SSSR count). The highest BCUT2D eigenvalue weighted by Gasteiger charge is 2.26. The van der Waals surface area contributed by atoms with Gasteiger partial charge in [0.2, 0.25) is 0 Å². The lowest BCUT2D eigenvalue weighted by atomic mass is 10.1. The van der Waals surface area contributed by atoms with Gasteiger partial charge < -0.3 is 25.3 Å². The zero-order chi connectivity index (χ0) is 16.3. The van der Waals surface area contributed by atoms with Gasteiger partial charge in [-0.2, -0.15) is 0 Å². The van der Waals surface area contributed by atoms with E-state index in [9.17, 15) is 19.8 Å². The predicted molar refractivity (Wildman–Crippen MR) is 81.1 cm³/mol. The Kier molecular flexibility index (Phi) is 4.75. The van der Waals surface area contributed by atoms with Crippen LogP contribution in [-0.2, 0) is 0 Å². The fraction of sp³-hybridized carbons (Fsp3) is 0.467. The monoisotopic (exact) mass is 307 g/mol. The Labute approximate surface area is 129 Å². The van der Waals surface area contributed by atoms with E-state index in [0.29, 0.717) is 38.3 Å². The number of rotatable bonds is 2. The minimum absolute atomic E-state index is 0.0783. The lowest BCUT2D eigenvalue weighted by molar-refractivity contribution is 0.0661. The first-order chi connectivity index (χ1) is 10.5. The molecule has 1 heterocycles. The highest BCUT2D eigenvalue weighted by atomic mass is 16.3. The molecular formula is C15H21N3O4. The van der Waals surface area contributed by atoms with Gasteiger partial charge in [0.1, 0.15) is 0 Å². The van der Waals surface area contributed by atoms with Crippen LogP contribution in [0.25, 0.3) is 0 Å². The summed E-state index contributed by atoms with van der Waals surface area (Å²) in [6.07, 6.45) is 0. The van der Waals surface area contributed by atoms with Gasteiger partial charge in [-0.1, -0.05) is 6.07 Å². The number of nitrogens with zero attached hydrogens (tertiary/aromatic N) is 2. The van der Waals surface area contributed by atoms with Gasteiger partial charge in [-0.15, -0.1) is 0 Å². The highest BCUT2D eigenvalue weighted by Crippen LogP contribution is 2.32. The van der Waals surface area contributed by atoms with E-state index < -0.39 is 5.75 Å². The Bertz CT molecular complexity index is 580. The standard InChI is InChI=1S/C15H21N3O4/c1-3-16-15(22)18-8-6-17(7-9-18)14(21)11-5-4-10(2)12(19)13(11)20/h4-5,19-20H,3,6-9H2,1-2H3,(H,16,22). The molecule has 1 fully saturated rings. The summed E-state index contributed by atoms with van der Waals surface area (Å²) in [6.45, 7) is 5.73. The van der Waals surface area contributed by atoms with Crippen molar-refractivity contribution in [2.24, 2.45) is 0 Å². The molecular weight excluding hydrogens is 286 g/mol. The number of phenolic OH excluding ortho intramolecular Hbond substituents is 2. The van der Waals surface area contributed by atoms with Crippen molar-refractivity contribution in [3.8, 4) is 11.5 Å². The van der Waals surface area contributed by atoms with Crippen LogP contribution in [0.3, 0.4) is 0 Å². The van der Waals surface area contributed by atoms with Gasteiger partial charge >= 0.3 is 6.03 Å². The zero-order valence-electron chi connectivity index (χ0n) is 12.8. The topological polar surface area (TPSA) is 93.1 Å². The minimum atomic E-state index is -0.392. The van der Waals surface area contributed by atoms with Gasteiger partial charge in [-0.25, -0.2) is 4.79 Å². The molecule has 1 aliphatic rings. The third kappa shape index (κ3) is 3.08. The molecule has 7 nitrogen and oxygen atoms in total. The number of amides is 3. The molecule has 3 N–H and O–H groups in total. The lowest BCUT2D eigenvalue weighted by Gasteiger charge is -2.34. The molecule has 1 aromatic carbocycles. The molecule has 1 saturated heterocycles. The smallest absolute Gasteiger partial charge is 0.317 e. The van der Waals surface area contributed by atoms with Crippen molar-refractivity contribution in [3.63, 3.8) is 0 Å². The number of hydrogen-bond donors (Lipinski definition) is 3. The molecule has 0 spiro atoms. The second kappa shape index (κ2) is 6.55. The quantitative estimate of drug-likeness (QED) is 0.708. The normalized spacial score (nSPS) is 14.8. The van der Waals surface area contributed by atoms with Crippen LogP contribution < -0.4 is 5.32 Å². The Balaban J connectivity index is 2.04. The fourth-order valence-electron chi connectivity index (χ4n) is 2.40. The molecule has 7 heteroatoms. The Morgan fingerprint density at radius 3 is 2.27 bits per heavy atom. The van der Waals surface area contributed by atoms with E-state index in [1.54, 1.807) is 22.8 Å². The first-order valence-corrected chi connectivity index (χ1v) is 7.29. The highest BCUT2D eigenvalue weighted by molar-refractivity contribution is 5.98. The van der Waals surface area contributed by atoms with E-state index in [1.165, 1.54) is 6.07 Å². The van der Waals surface area contributed by atoms with Gasteiger partial charge in [0, 0.05) is 32.7 Å². The summed E-state index contributed by atoms with van der Waals surface area (Å²) in [5.74, 6) is -1.01. The maximum Gasteiger partial charge on any atom is 0.317 e. The van der Waals surface area contributed by atoms with E-state index in [-0.39, 0.29) is 23.3 Å². The first-order valence-electron chi connectivity index (χ1n) is 7.29. The van der Waals surface area contributed by atoms with E-state index in [2.05, 4.69) is 5.32 Å². The molecule has 0 saturated carbocycles. The summed E-state index contributed by atoms with van der Waals surface area (Å²) in [5.41, 5.74) is 0.588. The Morgan fingerprint density at radius 2 is 1.68 bits per heavy atom. The predicted octanol–water partition coefficient (Wildman–Crippen LogP) is 0.894. The van der Waals surface area contributed by atoms with Crippen LogP contribution in [0.5, 0.6) is 11.5 Å². The van der Waals surface area contributed by atoms with E-state index in [4.69, 9.17) is 0 Å². The first kappa shape index (κ1) is 15.9. The summed E-state index contributed by atoms with van der Waals surface area (Å²) >= 11 is 0. The van der Waals surface area contributed by atoms with E-state index >= 15 is 0 Å². The number of aryl methyl sites for hydroxylation is 1. The van der Waals surface area contributed by atoms with Crippen molar-refractivity contribution < 1.29 is 19.8 Å². The number of benzene rings is 1. The molecule has 120 valence electrons. The maximum absolute atomic E-state index is 12.4. The summed E-state index contributed by atoms with van der Waals surface area (Å²) in [4.78, 5) is 27.4. The number of carbonyl (C=O) groups is 2. The molecule has 1 aromatic rings. The molecule has 0 radical (unpaired) electrons. The maximum atomic E-state index is 12.4. The van der Waals surface area contributed by atoms with Crippen LogP contribution in [0.4, 0.5) is 4.79 Å². The Hall–Kier alpha value is -2.44. The van der Waals surface area contributed by atoms with Crippen molar-refractivity contribution in [1.29, 1.82) is 0 Å². The van der Waals surface area contributed by atoms with Gasteiger partial charge in [-0.3, -0.25) is 4.79 Å². The molecule has 22 heavy (non-hydrogen) atoms. The van der Waals surface area contributed by atoms with Crippen LogP contribution in [-0.4, -0.2) is 64.7 Å². The van der Waals surface area contributed by atoms with Crippen molar-refractivity contribution in [3.05, 3.63) is 23.3 Å². The molecule has 0 unspecified atom stereocenters. The number of carbonyl (C=O) groups excluding carboxylic acids is 2.